The highest BCUT2D eigenvalue weighted by Gasteiger charge is 2.17. The molecule has 0 radical (unpaired) electrons. The summed E-state index contributed by atoms with van der Waals surface area (Å²) in [5, 5.41) is 0.382. The lowest BCUT2D eigenvalue weighted by Gasteiger charge is -1.95. The van der Waals surface area contributed by atoms with Crippen LogP contribution >= 0.6 is 11.6 Å². The molecule has 0 saturated carbocycles. The number of carbonyl (C=O) groups excluding carboxylic acids is 1. The van der Waals surface area contributed by atoms with Crippen LogP contribution in [0, 0.1) is 0 Å². The lowest BCUT2D eigenvalue weighted by atomic mass is 10.1. The summed E-state index contributed by atoms with van der Waals surface area (Å²) in [6.45, 7) is 2.13. The number of hydrogen-bond donors (Lipinski definition) is 0. The fourth-order valence-electron chi connectivity index (χ4n) is 1.51. The van der Waals surface area contributed by atoms with Crippen molar-refractivity contribution in [2.24, 2.45) is 0 Å². The molecular formula is C13H17ClO. The molecular weight excluding hydrogens is 208 g/mol. The molecule has 0 fully saturated rings. The Bertz CT molecular complexity index is 310. The number of halogens is 1. The second-order valence-electron chi connectivity index (χ2n) is 3.63. The summed E-state index contributed by atoms with van der Waals surface area (Å²) < 4.78 is 0. The SMILES string of the molecule is CC/C=C\CCC/C=C1\CC=C(Cl)C1=O. The normalized spacial score (nSPS) is 19.2. The van der Waals surface area contributed by atoms with Crippen molar-refractivity contribution in [2.75, 3.05) is 0 Å². The third-order valence-electron chi connectivity index (χ3n) is 2.38. The first-order valence-electron chi connectivity index (χ1n) is 5.50. The Morgan fingerprint density at radius 3 is 2.80 bits per heavy atom. The van der Waals surface area contributed by atoms with Crippen molar-refractivity contribution in [2.45, 2.75) is 39.0 Å². The van der Waals surface area contributed by atoms with Crippen LogP contribution in [0.25, 0.3) is 0 Å². The van der Waals surface area contributed by atoms with E-state index in [1.165, 1.54) is 0 Å². The molecule has 1 aliphatic rings. The van der Waals surface area contributed by atoms with Gasteiger partial charge in [-0.15, -0.1) is 0 Å². The van der Waals surface area contributed by atoms with Crippen molar-refractivity contribution in [1.29, 1.82) is 0 Å². The number of allylic oxidation sites excluding steroid dienone is 6. The van der Waals surface area contributed by atoms with Crippen LogP contribution in [0.2, 0.25) is 0 Å². The Kier molecular flexibility index (Phi) is 5.41. The van der Waals surface area contributed by atoms with Crippen LogP contribution in [0.4, 0.5) is 0 Å². The topological polar surface area (TPSA) is 17.1 Å². The lowest BCUT2D eigenvalue weighted by Crippen LogP contribution is -1.94. The van der Waals surface area contributed by atoms with Crippen LogP contribution in [0.5, 0.6) is 0 Å². The van der Waals surface area contributed by atoms with Crippen LogP contribution in [0.3, 0.4) is 0 Å². The molecule has 0 heterocycles. The first-order valence-corrected chi connectivity index (χ1v) is 5.88. The van der Waals surface area contributed by atoms with E-state index in [1.54, 1.807) is 6.08 Å². The maximum absolute atomic E-state index is 11.4. The fraction of sp³-hybridized carbons (Fsp3) is 0.462. The number of ketones is 1. The molecule has 0 unspecified atom stereocenters. The van der Waals surface area contributed by atoms with Gasteiger partial charge < -0.3 is 0 Å². The molecule has 0 aromatic rings. The van der Waals surface area contributed by atoms with Gasteiger partial charge >= 0.3 is 0 Å². The second-order valence-corrected chi connectivity index (χ2v) is 4.03. The van der Waals surface area contributed by atoms with Gasteiger partial charge in [0.1, 0.15) is 0 Å². The molecule has 0 atom stereocenters. The molecule has 0 amide bonds. The van der Waals surface area contributed by atoms with E-state index in [0.29, 0.717) is 11.5 Å². The fourth-order valence-corrected chi connectivity index (χ4v) is 1.71. The van der Waals surface area contributed by atoms with Crippen LogP contribution in [-0.2, 0) is 4.79 Å². The summed E-state index contributed by atoms with van der Waals surface area (Å²) in [6.07, 6.45) is 13.1. The van der Waals surface area contributed by atoms with Gasteiger partial charge in [-0.1, -0.05) is 42.8 Å². The van der Waals surface area contributed by atoms with Crippen LogP contribution in [0.15, 0.2) is 34.9 Å². The van der Waals surface area contributed by atoms with Crippen molar-refractivity contribution < 1.29 is 4.79 Å². The van der Waals surface area contributed by atoms with Crippen LogP contribution in [0.1, 0.15) is 39.0 Å². The van der Waals surface area contributed by atoms with E-state index in [2.05, 4.69) is 19.1 Å². The minimum Gasteiger partial charge on any atom is -0.288 e. The zero-order chi connectivity index (χ0) is 11.1. The van der Waals surface area contributed by atoms with E-state index in [9.17, 15) is 4.79 Å². The van der Waals surface area contributed by atoms with Crippen molar-refractivity contribution in [3.8, 4) is 0 Å². The number of hydrogen-bond acceptors (Lipinski definition) is 1. The van der Waals surface area contributed by atoms with E-state index in [0.717, 1.165) is 31.3 Å². The van der Waals surface area contributed by atoms with Crippen molar-refractivity contribution >= 4 is 17.4 Å². The molecule has 0 N–H and O–H groups in total. The molecule has 2 heteroatoms. The van der Waals surface area contributed by atoms with Crippen molar-refractivity contribution in [1.82, 2.24) is 0 Å². The van der Waals surface area contributed by atoms with E-state index in [-0.39, 0.29) is 5.78 Å². The van der Waals surface area contributed by atoms with Gasteiger partial charge in [0.05, 0.1) is 5.03 Å². The Morgan fingerprint density at radius 2 is 2.20 bits per heavy atom. The third kappa shape index (κ3) is 4.05. The summed E-state index contributed by atoms with van der Waals surface area (Å²) in [6, 6.07) is 0. The van der Waals surface area contributed by atoms with E-state index < -0.39 is 0 Å². The maximum Gasteiger partial charge on any atom is 0.200 e. The monoisotopic (exact) mass is 224 g/mol. The molecule has 82 valence electrons. The number of rotatable bonds is 5. The number of carbonyl (C=O) groups is 1. The molecule has 1 nitrogen and oxygen atoms in total. The number of unbranched alkanes of at least 4 members (excludes halogenated alkanes) is 2. The first kappa shape index (κ1) is 12.3. The predicted molar refractivity (Wildman–Crippen MR) is 64.9 cm³/mol. The summed E-state index contributed by atoms with van der Waals surface area (Å²) in [4.78, 5) is 11.4. The molecule has 0 saturated heterocycles. The predicted octanol–water partition coefficient (Wildman–Crippen LogP) is 4.14. The summed E-state index contributed by atoms with van der Waals surface area (Å²) in [5.41, 5.74) is 0.861. The molecule has 0 aromatic heterocycles. The molecule has 1 aliphatic carbocycles. The quantitative estimate of drug-likeness (QED) is 0.390. The average Bonchev–Trinajstić information content (AvgIpc) is 2.54. The lowest BCUT2D eigenvalue weighted by molar-refractivity contribution is -0.111. The van der Waals surface area contributed by atoms with Crippen LogP contribution < -0.4 is 0 Å². The molecule has 15 heavy (non-hydrogen) atoms. The zero-order valence-electron chi connectivity index (χ0n) is 9.13. The van der Waals surface area contributed by atoms with Crippen LogP contribution in [-0.4, -0.2) is 5.78 Å². The Hall–Kier alpha value is -0.820. The zero-order valence-corrected chi connectivity index (χ0v) is 9.89. The van der Waals surface area contributed by atoms with Gasteiger partial charge in [-0.2, -0.15) is 0 Å². The Balaban J connectivity index is 2.23. The van der Waals surface area contributed by atoms with Gasteiger partial charge in [0.25, 0.3) is 0 Å². The van der Waals surface area contributed by atoms with Crippen molar-refractivity contribution in [3.05, 3.63) is 34.9 Å². The smallest absolute Gasteiger partial charge is 0.200 e. The molecule has 0 spiro atoms. The summed E-state index contributed by atoms with van der Waals surface area (Å²) >= 11 is 5.70. The highest BCUT2D eigenvalue weighted by molar-refractivity contribution is 6.46. The largest absolute Gasteiger partial charge is 0.288 e. The summed E-state index contributed by atoms with van der Waals surface area (Å²) in [5.74, 6) is 0.0146. The van der Waals surface area contributed by atoms with Gasteiger partial charge in [-0.3, -0.25) is 4.79 Å². The standard InChI is InChI=1S/C13H17ClO/c1-2-3-4-5-6-7-8-11-9-10-12(14)13(11)15/h3-4,8,10H,2,5-7,9H2,1H3/b4-3-,11-8+. The van der Waals surface area contributed by atoms with Gasteiger partial charge in [-0.25, -0.2) is 0 Å². The van der Waals surface area contributed by atoms with E-state index in [1.807, 2.05) is 6.08 Å². The number of Topliss-reactive ketones (excluding diaryl/α,β-unsaturated/α-hetero) is 1. The van der Waals surface area contributed by atoms with Gasteiger partial charge in [0.2, 0.25) is 0 Å². The average molecular weight is 225 g/mol. The third-order valence-corrected chi connectivity index (χ3v) is 2.70. The Morgan fingerprint density at radius 1 is 1.40 bits per heavy atom. The van der Waals surface area contributed by atoms with Gasteiger partial charge in [-0.05, 0) is 32.1 Å². The summed E-state index contributed by atoms with van der Waals surface area (Å²) in [7, 11) is 0. The second kappa shape index (κ2) is 6.62. The first-order chi connectivity index (χ1) is 7.25. The van der Waals surface area contributed by atoms with Gasteiger partial charge in [0.15, 0.2) is 5.78 Å². The molecule has 0 aliphatic heterocycles. The highest BCUT2D eigenvalue weighted by Crippen LogP contribution is 2.23. The Labute approximate surface area is 96.5 Å². The van der Waals surface area contributed by atoms with Gasteiger partial charge in [0, 0.05) is 5.57 Å². The molecule has 1 rings (SSSR count). The van der Waals surface area contributed by atoms with Crippen molar-refractivity contribution in [3.63, 3.8) is 0 Å². The van der Waals surface area contributed by atoms with E-state index >= 15 is 0 Å². The minimum absolute atomic E-state index is 0.0146. The molecule has 0 bridgehead atoms. The maximum atomic E-state index is 11.4. The minimum atomic E-state index is 0.0146. The molecule has 0 aromatic carbocycles. The van der Waals surface area contributed by atoms with E-state index in [4.69, 9.17) is 11.6 Å². The highest BCUT2D eigenvalue weighted by atomic mass is 35.5.